The molecule has 0 bridgehead atoms. The minimum atomic E-state index is -1.01. The van der Waals surface area contributed by atoms with Crippen molar-refractivity contribution in [3.8, 4) is 0 Å². The summed E-state index contributed by atoms with van der Waals surface area (Å²) in [7, 11) is 0. The van der Waals surface area contributed by atoms with E-state index in [-0.39, 0.29) is 12.5 Å². The molecule has 0 spiro atoms. The van der Waals surface area contributed by atoms with Gasteiger partial charge in [-0.25, -0.2) is 4.79 Å². The van der Waals surface area contributed by atoms with Gasteiger partial charge in [0, 0.05) is 6.42 Å². The van der Waals surface area contributed by atoms with Gasteiger partial charge in [0.05, 0.1) is 13.1 Å². The number of furan rings is 1. The van der Waals surface area contributed by atoms with Gasteiger partial charge in [0.15, 0.2) is 5.76 Å². The van der Waals surface area contributed by atoms with E-state index in [0.717, 1.165) is 12.2 Å². The van der Waals surface area contributed by atoms with Crippen molar-refractivity contribution in [3.63, 3.8) is 0 Å². The van der Waals surface area contributed by atoms with Crippen molar-refractivity contribution in [2.45, 2.75) is 25.9 Å². The second-order valence-electron chi connectivity index (χ2n) is 4.91. The Hall–Kier alpha value is -1.82. The van der Waals surface area contributed by atoms with E-state index in [2.05, 4.69) is 0 Å². The van der Waals surface area contributed by atoms with E-state index in [1.807, 2.05) is 6.92 Å². The topological polar surface area (TPSA) is 80.0 Å². The second kappa shape index (κ2) is 5.05. The molecule has 0 radical (unpaired) electrons. The lowest BCUT2D eigenvalue weighted by Gasteiger charge is -2.46. The maximum atomic E-state index is 12.0. The lowest BCUT2D eigenvalue weighted by molar-refractivity contribution is -0.160. The van der Waals surface area contributed by atoms with E-state index >= 15 is 0 Å². The maximum absolute atomic E-state index is 12.0. The van der Waals surface area contributed by atoms with Crippen LogP contribution < -0.4 is 0 Å². The number of carbonyl (C=O) groups is 2. The van der Waals surface area contributed by atoms with E-state index in [9.17, 15) is 9.59 Å². The molecule has 1 saturated heterocycles. The molecule has 6 nitrogen and oxygen atoms in total. The third-order valence-corrected chi connectivity index (χ3v) is 3.10. The maximum Gasteiger partial charge on any atom is 0.329 e. The Morgan fingerprint density at radius 1 is 1.47 bits per heavy atom. The molecule has 1 amide bonds. The number of likely N-dealkylation sites (tertiary alicyclic amines) is 1. The van der Waals surface area contributed by atoms with E-state index < -0.39 is 11.6 Å². The van der Waals surface area contributed by atoms with Crippen LogP contribution in [-0.4, -0.2) is 47.2 Å². The number of hydrogen-bond acceptors (Lipinski definition) is 4. The monoisotopic (exact) mass is 267 g/mol. The number of carboxylic acids is 1. The highest BCUT2D eigenvalue weighted by Gasteiger charge is 2.43. The molecule has 6 heteroatoms. The van der Waals surface area contributed by atoms with Gasteiger partial charge in [0.2, 0.25) is 0 Å². The summed E-state index contributed by atoms with van der Waals surface area (Å²) in [6, 6.07) is 3.45. The number of aliphatic carboxylic acids is 1. The summed E-state index contributed by atoms with van der Waals surface area (Å²) in [6.45, 7) is 4.15. The van der Waals surface area contributed by atoms with Crippen LogP contribution in [0.15, 0.2) is 16.5 Å². The average molecular weight is 267 g/mol. The van der Waals surface area contributed by atoms with Crippen LogP contribution in [0.5, 0.6) is 0 Å². The number of hydrogen-bond donors (Lipinski definition) is 1. The third kappa shape index (κ3) is 2.96. The fourth-order valence-electron chi connectivity index (χ4n) is 2.07. The fraction of sp³-hybridized carbons (Fsp3) is 0.538. The molecule has 1 fully saturated rings. The molecule has 0 atom stereocenters. The molecule has 104 valence electrons. The first-order valence-corrected chi connectivity index (χ1v) is 6.17. The Morgan fingerprint density at radius 3 is 2.68 bits per heavy atom. The molecule has 2 rings (SSSR count). The number of carboxylic acid groups (broad SMARTS) is 1. The van der Waals surface area contributed by atoms with Gasteiger partial charge in [-0.05, 0) is 19.1 Å². The highest BCUT2D eigenvalue weighted by molar-refractivity contribution is 5.92. The van der Waals surface area contributed by atoms with Crippen molar-refractivity contribution in [2.75, 3.05) is 19.7 Å². The first-order valence-electron chi connectivity index (χ1n) is 6.17. The van der Waals surface area contributed by atoms with Crippen LogP contribution in [0.4, 0.5) is 0 Å². The molecule has 1 aliphatic rings. The molecular formula is C13H17NO5. The van der Waals surface area contributed by atoms with Crippen LogP contribution >= 0.6 is 0 Å². The predicted octanol–water partition coefficient (Wildman–Crippen LogP) is 1.16. The van der Waals surface area contributed by atoms with Crippen molar-refractivity contribution >= 4 is 11.9 Å². The minimum absolute atomic E-state index is 0.184. The van der Waals surface area contributed by atoms with E-state index in [4.69, 9.17) is 14.3 Å². The molecule has 0 unspecified atom stereocenters. The molecule has 2 heterocycles. The number of nitrogens with zero attached hydrogens (tertiary/aromatic N) is 1. The zero-order valence-electron chi connectivity index (χ0n) is 11.0. The van der Waals surface area contributed by atoms with Gasteiger partial charge in [-0.1, -0.05) is 6.92 Å². The van der Waals surface area contributed by atoms with Crippen LogP contribution in [-0.2, 0) is 16.0 Å². The van der Waals surface area contributed by atoms with Gasteiger partial charge >= 0.3 is 5.97 Å². The molecule has 1 aromatic rings. The molecular weight excluding hydrogens is 250 g/mol. The molecule has 0 aromatic carbocycles. The van der Waals surface area contributed by atoms with Crippen LogP contribution in [0, 0.1) is 0 Å². The Bertz CT molecular complexity index is 487. The zero-order chi connectivity index (χ0) is 14.0. The summed E-state index contributed by atoms with van der Waals surface area (Å²) in [6.07, 6.45) is 0.743. The van der Waals surface area contributed by atoms with E-state index in [1.54, 1.807) is 24.0 Å². The standard InChI is InChI=1S/C13H17NO5/c1-3-9-4-5-10(19-9)12(17)14-7-13(2,8-14)18-6-11(15)16/h4-5H,3,6-8H2,1-2H3,(H,15,16). The molecule has 1 aliphatic heterocycles. The Kier molecular flexibility index (Phi) is 3.61. The van der Waals surface area contributed by atoms with Crippen LogP contribution in [0.2, 0.25) is 0 Å². The SMILES string of the molecule is CCc1ccc(C(=O)N2CC(C)(OCC(=O)O)C2)o1. The van der Waals surface area contributed by atoms with Crippen LogP contribution in [0.25, 0.3) is 0 Å². The zero-order valence-corrected chi connectivity index (χ0v) is 11.0. The summed E-state index contributed by atoms with van der Waals surface area (Å²) >= 11 is 0. The lowest BCUT2D eigenvalue weighted by Crippen LogP contribution is -2.63. The van der Waals surface area contributed by atoms with Crippen LogP contribution in [0.1, 0.15) is 30.2 Å². The summed E-state index contributed by atoms with van der Waals surface area (Å²) in [4.78, 5) is 24.1. The number of rotatable bonds is 5. The lowest BCUT2D eigenvalue weighted by atomic mass is 9.96. The fourth-order valence-corrected chi connectivity index (χ4v) is 2.07. The highest BCUT2D eigenvalue weighted by Crippen LogP contribution is 2.26. The quantitative estimate of drug-likeness (QED) is 0.865. The third-order valence-electron chi connectivity index (χ3n) is 3.10. The van der Waals surface area contributed by atoms with Crippen molar-refractivity contribution in [1.82, 2.24) is 4.90 Å². The molecule has 0 aliphatic carbocycles. The number of aryl methyl sites for hydroxylation is 1. The first-order chi connectivity index (χ1) is 8.93. The van der Waals surface area contributed by atoms with Crippen molar-refractivity contribution in [3.05, 3.63) is 23.7 Å². The van der Waals surface area contributed by atoms with Gasteiger partial charge in [-0.15, -0.1) is 0 Å². The molecule has 1 aromatic heterocycles. The van der Waals surface area contributed by atoms with E-state index in [0.29, 0.717) is 18.8 Å². The number of ether oxygens (including phenoxy) is 1. The Balaban J connectivity index is 1.89. The first kappa shape index (κ1) is 13.6. The summed E-state index contributed by atoms with van der Waals surface area (Å²) in [5.41, 5.74) is -0.575. The molecule has 1 N–H and O–H groups in total. The van der Waals surface area contributed by atoms with Gasteiger partial charge < -0.3 is 19.2 Å². The summed E-state index contributed by atoms with van der Waals surface area (Å²) in [5.74, 6) is -0.105. The molecule has 19 heavy (non-hydrogen) atoms. The summed E-state index contributed by atoms with van der Waals surface area (Å²) < 4.78 is 10.6. The van der Waals surface area contributed by atoms with Gasteiger partial charge in [0.1, 0.15) is 18.0 Å². The minimum Gasteiger partial charge on any atom is -0.480 e. The van der Waals surface area contributed by atoms with Crippen molar-refractivity contribution in [2.24, 2.45) is 0 Å². The average Bonchev–Trinajstić information content (AvgIpc) is 2.80. The Morgan fingerprint density at radius 2 is 2.16 bits per heavy atom. The largest absolute Gasteiger partial charge is 0.480 e. The summed E-state index contributed by atoms with van der Waals surface area (Å²) in [5, 5.41) is 8.56. The van der Waals surface area contributed by atoms with Gasteiger partial charge in [-0.3, -0.25) is 4.79 Å². The number of amides is 1. The second-order valence-corrected chi connectivity index (χ2v) is 4.91. The van der Waals surface area contributed by atoms with Crippen molar-refractivity contribution in [1.29, 1.82) is 0 Å². The van der Waals surface area contributed by atoms with Gasteiger partial charge in [-0.2, -0.15) is 0 Å². The van der Waals surface area contributed by atoms with E-state index in [1.165, 1.54) is 0 Å². The molecule has 0 saturated carbocycles. The van der Waals surface area contributed by atoms with Crippen molar-refractivity contribution < 1.29 is 23.8 Å². The Labute approximate surface area is 110 Å². The highest BCUT2D eigenvalue weighted by atomic mass is 16.5. The van der Waals surface area contributed by atoms with Crippen LogP contribution in [0.3, 0.4) is 0 Å². The normalized spacial score (nSPS) is 17.1. The van der Waals surface area contributed by atoms with Gasteiger partial charge in [0.25, 0.3) is 5.91 Å². The number of carbonyl (C=O) groups excluding carboxylic acids is 1. The smallest absolute Gasteiger partial charge is 0.329 e. The predicted molar refractivity (Wildman–Crippen MR) is 66.0 cm³/mol.